The SMILES string of the molecule is O=C(O)CCC(C(=O)O)C(C(Nc1ccccc1C(F)(F)F)c1ccccc1)[PH](=O)O. The van der Waals surface area contributed by atoms with Crippen LogP contribution in [0.4, 0.5) is 18.9 Å². The molecule has 0 fully saturated rings. The summed E-state index contributed by atoms with van der Waals surface area (Å²) in [6, 6.07) is 10.9. The van der Waals surface area contributed by atoms with Gasteiger partial charge in [0.05, 0.1) is 23.2 Å². The van der Waals surface area contributed by atoms with Gasteiger partial charge in [0.1, 0.15) is 0 Å². The Morgan fingerprint density at radius 3 is 2.10 bits per heavy atom. The normalized spacial score (nSPS) is 15.5. The van der Waals surface area contributed by atoms with Crippen LogP contribution in [0.5, 0.6) is 0 Å². The van der Waals surface area contributed by atoms with E-state index in [9.17, 15) is 37.3 Å². The van der Waals surface area contributed by atoms with E-state index in [1.807, 2.05) is 0 Å². The van der Waals surface area contributed by atoms with Gasteiger partial charge in [0, 0.05) is 12.1 Å². The first-order valence-corrected chi connectivity index (χ1v) is 10.6. The molecule has 4 atom stereocenters. The maximum atomic E-state index is 13.5. The van der Waals surface area contributed by atoms with Crippen LogP contribution in [0.1, 0.15) is 30.0 Å². The van der Waals surface area contributed by atoms with Crippen molar-refractivity contribution in [3.8, 4) is 0 Å². The maximum Gasteiger partial charge on any atom is 0.418 e. The van der Waals surface area contributed by atoms with E-state index in [1.54, 1.807) is 18.2 Å². The second-order valence-corrected chi connectivity index (χ2v) is 8.16. The molecule has 0 amide bonds. The number of nitrogens with one attached hydrogen (secondary N) is 1. The first-order chi connectivity index (χ1) is 14.5. The van der Waals surface area contributed by atoms with E-state index in [2.05, 4.69) is 5.32 Å². The van der Waals surface area contributed by atoms with Crippen molar-refractivity contribution < 1.29 is 42.4 Å². The summed E-state index contributed by atoms with van der Waals surface area (Å²) in [5, 5.41) is 21.1. The Morgan fingerprint density at radius 2 is 1.58 bits per heavy atom. The van der Waals surface area contributed by atoms with E-state index >= 15 is 0 Å². The average molecular weight is 459 g/mol. The van der Waals surface area contributed by atoms with Crippen LogP contribution in [-0.2, 0) is 20.3 Å². The Hall–Kier alpha value is -2.84. The number of aliphatic carboxylic acids is 2. The molecule has 0 aliphatic heterocycles. The minimum absolute atomic E-state index is 0.290. The Morgan fingerprint density at radius 1 is 1.00 bits per heavy atom. The summed E-state index contributed by atoms with van der Waals surface area (Å²) in [6.07, 6.45) is -5.76. The molecule has 0 aliphatic carbocycles. The number of alkyl halides is 3. The molecule has 31 heavy (non-hydrogen) atoms. The Kier molecular flexibility index (Phi) is 8.24. The molecular weight excluding hydrogens is 438 g/mol. The fourth-order valence-corrected chi connectivity index (χ4v) is 4.56. The molecular formula is C20H21F3NO6P. The molecule has 0 aromatic heterocycles. The molecule has 0 bridgehead atoms. The molecule has 0 radical (unpaired) electrons. The Balaban J connectivity index is 2.58. The van der Waals surface area contributed by atoms with Crippen LogP contribution in [-0.4, -0.2) is 32.7 Å². The highest BCUT2D eigenvalue weighted by Crippen LogP contribution is 2.44. The number of halogens is 3. The fourth-order valence-electron chi connectivity index (χ4n) is 3.35. The topological polar surface area (TPSA) is 124 Å². The fraction of sp³-hybridized carbons (Fsp3) is 0.300. The van der Waals surface area contributed by atoms with Gasteiger partial charge in [-0.1, -0.05) is 42.5 Å². The molecule has 7 nitrogen and oxygen atoms in total. The van der Waals surface area contributed by atoms with E-state index in [-0.39, 0.29) is 5.69 Å². The molecule has 4 unspecified atom stereocenters. The van der Waals surface area contributed by atoms with Crippen LogP contribution in [0, 0.1) is 5.92 Å². The molecule has 2 aromatic carbocycles. The minimum Gasteiger partial charge on any atom is -0.481 e. The van der Waals surface area contributed by atoms with Crippen molar-refractivity contribution in [3.63, 3.8) is 0 Å². The van der Waals surface area contributed by atoms with Gasteiger partial charge in [-0.05, 0) is 24.1 Å². The zero-order chi connectivity index (χ0) is 23.2. The summed E-state index contributed by atoms with van der Waals surface area (Å²) in [6.45, 7) is 0. The second kappa shape index (κ2) is 10.5. The Bertz CT molecular complexity index is 938. The molecule has 0 saturated heterocycles. The van der Waals surface area contributed by atoms with Crippen LogP contribution in [0.25, 0.3) is 0 Å². The molecule has 0 spiro atoms. The largest absolute Gasteiger partial charge is 0.481 e. The van der Waals surface area contributed by atoms with Crippen molar-refractivity contribution in [2.75, 3.05) is 5.32 Å². The lowest BCUT2D eigenvalue weighted by Gasteiger charge is -2.32. The number of hydrogen-bond donors (Lipinski definition) is 4. The first-order valence-electron chi connectivity index (χ1n) is 9.17. The van der Waals surface area contributed by atoms with E-state index in [4.69, 9.17) is 5.11 Å². The number of rotatable bonds is 10. The van der Waals surface area contributed by atoms with Gasteiger partial charge in [-0.15, -0.1) is 0 Å². The predicted molar refractivity (Wildman–Crippen MR) is 107 cm³/mol. The van der Waals surface area contributed by atoms with Crippen molar-refractivity contribution >= 4 is 25.7 Å². The van der Waals surface area contributed by atoms with Crippen LogP contribution in [0.3, 0.4) is 0 Å². The highest BCUT2D eigenvalue weighted by Gasteiger charge is 2.40. The third-order valence-electron chi connectivity index (χ3n) is 4.77. The number of anilines is 1. The summed E-state index contributed by atoms with van der Waals surface area (Å²) in [4.78, 5) is 32.8. The van der Waals surface area contributed by atoms with E-state index in [0.29, 0.717) is 5.56 Å². The number of carboxylic acid groups (broad SMARTS) is 2. The van der Waals surface area contributed by atoms with Gasteiger partial charge in [-0.3, -0.25) is 14.2 Å². The lowest BCUT2D eigenvalue weighted by molar-refractivity contribution is -0.143. The summed E-state index contributed by atoms with van der Waals surface area (Å²) in [5.41, 5.74) is -2.69. The van der Waals surface area contributed by atoms with Gasteiger partial charge in [-0.2, -0.15) is 13.2 Å². The van der Waals surface area contributed by atoms with Crippen molar-refractivity contribution in [2.24, 2.45) is 5.92 Å². The summed E-state index contributed by atoms with van der Waals surface area (Å²) in [7, 11) is -3.64. The monoisotopic (exact) mass is 459 g/mol. The van der Waals surface area contributed by atoms with E-state index in [1.165, 1.54) is 24.3 Å². The van der Waals surface area contributed by atoms with Gasteiger partial charge >= 0.3 is 18.1 Å². The molecule has 0 aliphatic rings. The Labute approximate surface area is 176 Å². The number of benzene rings is 2. The van der Waals surface area contributed by atoms with Crippen LogP contribution in [0.15, 0.2) is 54.6 Å². The smallest absolute Gasteiger partial charge is 0.418 e. The maximum absolute atomic E-state index is 13.5. The van der Waals surface area contributed by atoms with Crippen LogP contribution in [0.2, 0.25) is 0 Å². The third kappa shape index (κ3) is 6.57. The third-order valence-corrected chi connectivity index (χ3v) is 6.07. The summed E-state index contributed by atoms with van der Waals surface area (Å²) < 4.78 is 52.6. The molecule has 11 heteroatoms. The molecule has 0 saturated carbocycles. The quantitative estimate of drug-likeness (QED) is 0.392. The first kappa shape index (κ1) is 24.4. The lowest BCUT2D eigenvalue weighted by atomic mass is 9.90. The van der Waals surface area contributed by atoms with Gasteiger partial charge in [0.2, 0.25) is 0 Å². The number of carboxylic acids is 2. The van der Waals surface area contributed by atoms with Gasteiger partial charge in [0.15, 0.2) is 8.03 Å². The average Bonchev–Trinajstić information content (AvgIpc) is 2.69. The zero-order valence-electron chi connectivity index (χ0n) is 16.0. The summed E-state index contributed by atoms with van der Waals surface area (Å²) >= 11 is 0. The van der Waals surface area contributed by atoms with Crippen LogP contribution >= 0.6 is 8.03 Å². The predicted octanol–water partition coefficient (Wildman–Crippen LogP) is 4.26. The second-order valence-electron chi connectivity index (χ2n) is 6.82. The van der Waals surface area contributed by atoms with Crippen molar-refractivity contribution in [1.82, 2.24) is 0 Å². The zero-order valence-corrected chi connectivity index (χ0v) is 17.0. The molecule has 2 aromatic rings. The van der Waals surface area contributed by atoms with Gasteiger partial charge < -0.3 is 20.4 Å². The number of hydrogen-bond acceptors (Lipinski definition) is 4. The van der Waals surface area contributed by atoms with E-state index < -0.39 is 62.2 Å². The molecule has 2 rings (SSSR count). The molecule has 0 heterocycles. The standard InChI is InChI=1S/C20H21F3NO6P/c21-20(22,23)14-8-4-5-9-15(14)24-17(12-6-2-1-3-7-12)18(31(29)30)13(19(27)28)10-11-16(25)26/h1-9,13,17-18,24,31H,10-11H2,(H,25,26)(H,27,28)(H,29,30). The highest BCUT2D eigenvalue weighted by molar-refractivity contribution is 7.39. The van der Waals surface area contributed by atoms with Crippen molar-refractivity contribution in [2.45, 2.75) is 30.7 Å². The lowest BCUT2D eigenvalue weighted by Crippen LogP contribution is -2.35. The summed E-state index contributed by atoms with van der Waals surface area (Å²) in [5.74, 6) is -4.39. The number of carbonyl (C=O) groups is 2. The number of para-hydroxylation sites is 1. The highest BCUT2D eigenvalue weighted by atomic mass is 31.1. The molecule has 4 N–H and O–H groups in total. The van der Waals surface area contributed by atoms with Crippen molar-refractivity contribution in [3.05, 3.63) is 65.7 Å². The van der Waals surface area contributed by atoms with Gasteiger partial charge in [-0.25, -0.2) is 0 Å². The van der Waals surface area contributed by atoms with Crippen molar-refractivity contribution in [1.29, 1.82) is 0 Å². The molecule has 168 valence electrons. The van der Waals surface area contributed by atoms with Crippen LogP contribution < -0.4 is 5.32 Å². The minimum atomic E-state index is -4.72. The van der Waals surface area contributed by atoms with Gasteiger partial charge in [0.25, 0.3) is 0 Å². The van der Waals surface area contributed by atoms with E-state index in [0.717, 1.165) is 12.1 Å².